The van der Waals surface area contributed by atoms with Crippen molar-refractivity contribution < 1.29 is 4.79 Å². The van der Waals surface area contributed by atoms with E-state index in [4.69, 9.17) is 0 Å². The van der Waals surface area contributed by atoms with Crippen LogP contribution < -0.4 is 10.6 Å². The van der Waals surface area contributed by atoms with Crippen LogP contribution >= 0.6 is 0 Å². The smallest absolute Gasteiger partial charge is 0.225 e. The molecule has 92 valence electrons. The van der Waals surface area contributed by atoms with Gasteiger partial charge >= 0.3 is 0 Å². The molecule has 2 N–H and O–H groups in total. The Morgan fingerprint density at radius 3 is 2.62 bits per heavy atom. The lowest BCUT2D eigenvalue weighted by Crippen LogP contribution is -2.54. The summed E-state index contributed by atoms with van der Waals surface area (Å²) in [5.74, 6) is 0.475. The zero-order valence-electron chi connectivity index (χ0n) is 10.3. The first kappa shape index (κ1) is 11.9. The van der Waals surface area contributed by atoms with Crippen LogP contribution in [0.5, 0.6) is 0 Å². The van der Waals surface area contributed by atoms with Gasteiger partial charge in [0.15, 0.2) is 0 Å². The van der Waals surface area contributed by atoms with Crippen molar-refractivity contribution in [2.24, 2.45) is 5.92 Å². The normalized spacial score (nSPS) is 31.2. The Morgan fingerprint density at radius 1 is 1.31 bits per heavy atom. The minimum Gasteiger partial charge on any atom is -0.353 e. The van der Waals surface area contributed by atoms with Gasteiger partial charge in [-0.3, -0.25) is 4.79 Å². The van der Waals surface area contributed by atoms with Gasteiger partial charge in [0, 0.05) is 25.2 Å². The lowest BCUT2D eigenvalue weighted by molar-refractivity contribution is -0.127. The van der Waals surface area contributed by atoms with Crippen molar-refractivity contribution in [1.82, 2.24) is 15.5 Å². The Kier molecular flexibility index (Phi) is 3.82. The van der Waals surface area contributed by atoms with E-state index < -0.39 is 0 Å². The highest BCUT2D eigenvalue weighted by molar-refractivity contribution is 5.80. The van der Waals surface area contributed by atoms with Crippen LogP contribution in [0.1, 0.15) is 25.7 Å². The van der Waals surface area contributed by atoms with Crippen LogP contribution in [0, 0.1) is 5.92 Å². The molecule has 2 fully saturated rings. The molecular formula is C12H23N3O. The van der Waals surface area contributed by atoms with Crippen molar-refractivity contribution in [1.29, 1.82) is 0 Å². The van der Waals surface area contributed by atoms with E-state index in [1.165, 1.54) is 12.8 Å². The number of nitrogens with zero attached hydrogens (tertiary/aromatic N) is 1. The van der Waals surface area contributed by atoms with Crippen LogP contribution in [0.3, 0.4) is 0 Å². The van der Waals surface area contributed by atoms with Gasteiger partial charge in [-0.15, -0.1) is 0 Å². The molecule has 2 rings (SSSR count). The molecule has 1 amide bonds. The number of amides is 1. The highest BCUT2D eigenvalue weighted by Crippen LogP contribution is 2.22. The quantitative estimate of drug-likeness (QED) is 0.721. The van der Waals surface area contributed by atoms with Gasteiger partial charge in [-0.2, -0.15) is 0 Å². The van der Waals surface area contributed by atoms with Gasteiger partial charge < -0.3 is 15.5 Å². The van der Waals surface area contributed by atoms with Gasteiger partial charge in [0.05, 0.1) is 5.92 Å². The summed E-state index contributed by atoms with van der Waals surface area (Å²) in [6.45, 7) is 1.71. The van der Waals surface area contributed by atoms with Crippen molar-refractivity contribution in [3.05, 3.63) is 0 Å². The minimum atomic E-state index is 0.222. The fraction of sp³-hybridized carbons (Fsp3) is 0.917. The molecule has 0 aromatic carbocycles. The Morgan fingerprint density at radius 2 is 2.06 bits per heavy atom. The van der Waals surface area contributed by atoms with Gasteiger partial charge in [0.2, 0.25) is 5.91 Å². The molecule has 1 aliphatic carbocycles. The summed E-state index contributed by atoms with van der Waals surface area (Å²) in [4.78, 5) is 14.1. The maximum Gasteiger partial charge on any atom is 0.225 e. The van der Waals surface area contributed by atoms with Crippen molar-refractivity contribution in [2.45, 2.75) is 37.8 Å². The molecule has 0 bridgehead atoms. The summed E-state index contributed by atoms with van der Waals surface area (Å²) in [5, 5.41) is 6.34. The Balaban J connectivity index is 1.78. The molecule has 0 aromatic rings. The van der Waals surface area contributed by atoms with Crippen LogP contribution in [0.15, 0.2) is 0 Å². The summed E-state index contributed by atoms with van der Waals surface area (Å²) in [7, 11) is 4.26. The second-order valence-corrected chi connectivity index (χ2v) is 5.34. The van der Waals surface area contributed by atoms with E-state index in [-0.39, 0.29) is 11.8 Å². The molecular weight excluding hydrogens is 202 g/mol. The van der Waals surface area contributed by atoms with Gasteiger partial charge in [0.1, 0.15) is 0 Å². The molecule has 0 radical (unpaired) electrons. The van der Waals surface area contributed by atoms with Crippen molar-refractivity contribution >= 4 is 5.91 Å². The zero-order chi connectivity index (χ0) is 11.5. The molecule has 1 aliphatic heterocycles. The maximum absolute atomic E-state index is 11.8. The lowest BCUT2D eigenvalue weighted by atomic mass is 9.89. The Bertz CT molecular complexity index is 251. The minimum absolute atomic E-state index is 0.222. The lowest BCUT2D eigenvalue weighted by Gasteiger charge is -2.35. The number of rotatable bonds is 3. The average Bonchev–Trinajstić information content (AvgIpc) is 2.15. The summed E-state index contributed by atoms with van der Waals surface area (Å²) < 4.78 is 0. The molecule has 1 heterocycles. The predicted molar refractivity (Wildman–Crippen MR) is 64.2 cm³/mol. The maximum atomic E-state index is 11.8. The van der Waals surface area contributed by atoms with Gasteiger partial charge in [-0.05, 0) is 39.8 Å². The summed E-state index contributed by atoms with van der Waals surface area (Å²) in [6.07, 6.45) is 4.76. The monoisotopic (exact) mass is 225 g/mol. The fourth-order valence-corrected chi connectivity index (χ4v) is 2.56. The summed E-state index contributed by atoms with van der Waals surface area (Å²) >= 11 is 0. The first-order valence-electron chi connectivity index (χ1n) is 6.34. The Hall–Kier alpha value is -0.610. The zero-order valence-corrected chi connectivity index (χ0v) is 10.3. The van der Waals surface area contributed by atoms with Crippen molar-refractivity contribution in [3.8, 4) is 0 Å². The number of carbonyl (C=O) groups excluding carboxylic acids is 1. The number of nitrogens with one attached hydrogen (secondary N) is 2. The third-order valence-corrected chi connectivity index (χ3v) is 3.88. The molecule has 4 nitrogen and oxygen atoms in total. The standard InChI is InChI=1S/C12H23N3O/c1-15(2)11-5-3-4-10(6-11)14-12(16)9-7-13-8-9/h9-11,13H,3-8H2,1-2H3,(H,14,16). The first-order valence-corrected chi connectivity index (χ1v) is 6.34. The van der Waals surface area contributed by atoms with E-state index >= 15 is 0 Å². The third-order valence-electron chi connectivity index (χ3n) is 3.88. The van der Waals surface area contributed by atoms with Crippen LogP contribution in [0.2, 0.25) is 0 Å². The predicted octanol–water partition coefficient (Wildman–Crippen LogP) is 0.195. The van der Waals surface area contributed by atoms with E-state index in [0.29, 0.717) is 12.1 Å². The molecule has 1 saturated heterocycles. The highest BCUT2D eigenvalue weighted by atomic mass is 16.2. The van der Waals surface area contributed by atoms with Crippen molar-refractivity contribution in [2.75, 3.05) is 27.2 Å². The molecule has 2 atom stereocenters. The van der Waals surface area contributed by atoms with Gasteiger partial charge in [0.25, 0.3) is 0 Å². The molecule has 0 aromatic heterocycles. The largest absolute Gasteiger partial charge is 0.353 e. The van der Waals surface area contributed by atoms with Crippen LogP contribution in [0.25, 0.3) is 0 Å². The van der Waals surface area contributed by atoms with Crippen LogP contribution in [-0.2, 0) is 4.79 Å². The van der Waals surface area contributed by atoms with Gasteiger partial charge in [-0.25, -0.2) is 0 Å². The average molecular weight is 225 g/mol. The molecule has 0 spiro atoms. The fourth-order valence-electron chi connectivity index (χ4n) is 2.56. The number of carbonyl (C=O) groups is 1. The van der Waals surface area contributed by atoms with E-state index in [0.717, 1.165) is 25.9 Å². The number of hydrogen-bond acceptors (Lipinski definition) is 3. The second kappa shape index (κ2) is 5.15. The first-order chi connectivity index (χ1) is 7.66. The van der Waals surface area contributed by atoms with E-state index in [2.05, 4.69) is 29.6 Å². The number of hydrogen-bond donors (Lipinski definition) is 2. The summed E-state index contributed by atoms with van der Waals surface area (Å²) in [5.41, 5.74) is 0. The van der Waals surface area contributed by atoms with Crippen LogP contribution in [0.4, 0.5) is 0 Å². The topological polar surface area (TPSA) is 44.4 Å². The van der Waals surface area contributed by atoms with E-state index in [1.807, 2.05) is 0 Å². The Labute approximate surface area is 97.8 Å². The van der Waals surface area contributed by atoms with E-state index in [9.17, 15) is 4.79 Å². The molecule has 2 unspecified atom stereocenters. The molecule has 16 heavy (non-hydrogen) atoms. The third kappa shape index (κ3) is 2.74. The molecule has 4 heteroatoms. The molecule has 2 aliphatic rings. The van der Waals surface area contributed by atoms with Gasteiger partial charge in [-0.1, -0.05) is 0 Å². The van der Waals surface area contributed by atoms with E-state index in [1.54, 1.807) is 0 Å². The van der Waals surface area contributed by atoms with Crippen LogP contribution in [-0.4, -0.2) is 50.1 Å². The SMILES string of the molecule is CN(C)C1CCCC(NC(=O)C2CNC2)C1. The van der Waals surface area contributed by atoms with Crippen molar-refractivity contribution in [3.63, 3.8) is 0 Å². The summed E-state index contributed by atoms with van der Waals surface area (Å²) in [6, 6.07) is 1.04. The molecule has 1 saturated carbocycles. The second-order valence-electron chi connectivity index (χ2n) is 5.34. The highest BCUT2D eigenvalue weighted by Gasteiger charge is 2.29.